The summed E-state index contributed by atoms with van der Waals surface area (Å²) in [6.07, 6.45) is 7.05. The lowest BCUT2D eigenvalue weighted by molar-refractivity contribution is -0.179. The Labute approximate surface area is 255 Å². The number of hydrogen-bond donors (Lipinski definition) is 4. The molecule has 4 saturated heterocycles. The van der Waals surface area contributed by atoms with Crippen LogP contribution in [0.5, 0.6) is 0 Å². The van der Waals surface area contributed by atoms with Gasteiger partial charge in [0, 0.05) is 30.9 Å². The standard InChI is InChI=1S/C32H48N8O3/c1-31(2)13-6-7-14-39-29(42)22-17-33-30(34-21-9-8-20-12-15-37(5)32(3,4)23(20)16-21)36-27(22)40(39)25-11-10-24-28(35-25)38(19-31)26(41)18-43-24/h6-9,16,22,24-25,27-28,30,33-36H,10-15,17-19H2,1-5H3/b7-6-. The number of ether oxygens (including phenoxy) is 1. The molecule has 6 aliphatic heterocycles. The van der Waals surface area contributed by atoms with Gasteiger partial charge in [0.05, 0.1) is 30.9 Å². The minimum Gasteiger partial charge on any atom is -0.365 e. The summed E-state index contributed by atoms with van der Waals surface area (Å²) in [6.45, 7) is 11.9. The maximum absolute atomic E-state index is 13.9. The van der Waals surface area contributed by atoms with Crippen LogP contribution >= 0.6 is 0 Å². The maximum Gasteiger partial charge on any atom is 0.249 e. The Morgan fingerprint density at radius 3 is 2.72 bits per heavy atom. The van der Waals surface area contributed by atoms with Gasteiger partial charge in [0.15, 0.2) is 0 Å². The highest BCUT2D eigenvalue weighted by atomic mass is 16.5. The lowest BCUT2D eigenvalue weighted by Gasteiger charge is -2.51. The Balaban J connectivity index is 1.15. The topological polar surface area (TPSA) is 104 Å². The van der Waals surface area contributed by atoms with Crippen LogP contribution in [-0.2, 0) is 26.3 Å². The fourth-order valence-corrected chi connectivity index (χ4v) is 7.92. The monoisotopic (exact) mass is 592 g/mol. The van der Waals surface area contributed by atoms with E-state index in [1.165, 1.54) is 11.1 Å². The lowest BCUT2D eigenvalue weighted by Crippen LogP contribution is -2.72. The van der Waals surface area contributed by atoms with Gasteiger partial charge in [0.2, 0.25) is 11.8 Å². The fourth-order valence-electron chi connectivity index (χ4n) is 7.92. The Morgan fingerprint density at radius 2 is 1.88 bits per heavy atom. The van der Waals surface area contributed by atoms with Crippen molar-refractivity contribution in [2.75, 3.05) is 45.2 Å². The highest BCUT2D eigenvalue weighted by Crippen LogP contribution is 2.37. The number of anilines is 1. The van der Waals surface area contributed by atoms with E-state index in [9.17, 15) is 9.59 Å². The van der Waals surface area contributed by atoms with Crippen molar-refractivity contribution in [3.8, 4) is 0 Å². The molecule has 1 aromatic carbocycles. The van der Waals surface area contributed by atoms with Gasteiger partial charge < -0.3 is 15.0 Å². The number of benzene rings is 1. The third kappa shape index (κ3) is 5.17. The molecule has 11 heteroatoms. The van der Waals surface area contributed by atoms with Gasteiger partial charge in [-0.2, -0.15) is 5.01 Å². The van der Waals surface area contributed by atoms with Crippen molar-refractivity contribution in [2.24, 2.45) is 11.3 Å². The van der Waals surface area contributed by atoms with Crippen molar-refractivity contribution < 1.29 is 14.3 Å². The number of hydrazine groups is 1. The van der Waals surface area contributed by atoms with Crippen LogP contribution in [0.1, 0.15) is 58.1 Å². The number of nitrogens with one attached hydrogen (secondary N) is 4. The molecular formula is C32H48N8O3. The van der Waals surface area contributed by atoms with Crippen LogP contribution in [0, 0.1) is 11.3 Å². The fraction of sp³-hybridized carbons (Fsp3) is 0.688. The molecule has 0 spiro atoms. The van der Waals surface area contributed by atoms with E-state index >= 15 is 0 Å². The van der Waals surface area contributed by atoms with Gasteiger partial charge in [-0.1, -0.05) is 32.1 Å². The van der Waals surface area contributed by atoms with Crippen LogP contribution < -0.4 is 21.3 Å². The second-order valence-corrected chi connectivity index (χ2v) is 14.5. The van der Waals surface area contributed by atoms with E-state index in [0.717, 1.165) is 37.9 Å². The van der Waals surface area contributed by atoms with E-state index in [-0.39, 0.29) is 66.2 Å². The zero-order valence-electron chi connectivity index (χ0n) is 26.2. The van der Waals surface area contributed by atoms with Crippen LogP contribution in [0.4, 0.5) is 5.69 Å². The summed E-state index contributed by atoms with van der Waals surface area (Å²) in [7, 11) is 2.19. The predicted octanol–water partition coefficient (Wildman–Crippen LogP) is 1.55. The van der Waals surface area contributed by atoms with Gasteiger partial charge in [-0.3, -0.25) is 35.4 Å². The second-order valence-electron chi connectivity index (χ2n) is 14.5. The Morgan fingerprint density at radius 1 is 1.05 bits per heavy atom. The van der Waals surface area contributed by atoms with E-state index in [1.807, 2.05) is 9.91 Å². The zero-order chi connectivity index (χ0) is 30.1. The van der Waals surface area contributed by atoms with E-state index in [4.69, 9.17) is 4.74 Å². The molecule has 6 aliphatic rings. The molecule has 6 atom stereocenters. The van der Waals surface area contributed by atoms with Gasteiger partial charge in [0.1, 0.15) is 19.1 Å². The number of carbonyl (C=O) groups is 2. The molecule has 11 nitrogen and oxygen atoms in total. The lowest BCUT2D eigenvalue weighted by atomic mass is 9.83. The van der Waals surface area contributed by atoms with E-state index < -0.39 is 0 Å². The highest BCUT2D eigenvalue weighted by Gasteiger charge is 2.54. The summed E-state index contributed by atoms with van der Waals surface area (Å²) in [5, 5.41) is 18.9. The molecular weight excluding hydrogens is 544 g/mol. The van der Waals surface area contributed by atoms with E-state index in [2.05, 4.69) is 96.3 Å². The van der Waals surface area contributed by atoms with Crippen LogP contribution in [0.3, 0.4) is 0 Å². The summed E-state index contributed by atoms with van der Waals surface area (Å²) in [4.78, 5) is 31.4. The minimum atomic E-state index is -0.219. The molecule has 6 heterocycles. The first-order valence-corrected chi connectivity index (χ1v) is 16.0. The maximum atomic E-state index is 13.9. The molecule has 7 rings (SSSR count). The summed E-state index contributed by atoms with van der Waals surface area (Å²) in [6, 6.07) is 6.71. The van der Waals surface area contributed by atoms with Crippen LogP contribution in [0.2, 0.25) is 0 Å². The molecule has 1 aromatic rings. The van der Waals surface area contributed by atoms with Crippen LogP contribution in [0.15, 0.2) is 30.4 Å². The number of hydrogen-bond acceptors (Lipinski definition) is 9. The molecule has 2 amide bonds. The number of likely N-dealkylation sites (N-methyl/N-ethyl adjacent to an activating group) is 1. The quantitative estimate of drug-likeness (QED) is 0.381. The Hall–Kier alpha value is -2.54. The summed E-state index contributed by atoms with van der Waals surface area (Å²) >= 11 is 0. The largest absolute Gasteiger partial charge is 0.365 e. The number of amides is 2. The normalized spacial score (nSPS) is 36.6. The van der Waals surface area contributed by atoms with E-state index in [0.29, 0.717) is 19.6 Å². The first-order chi connectivity index (χ1) is 20.5. The van der Waals surface area contributed by atoms with Crippen molar-refractivity contribution in [3.63, 3.8) is 0 Å². The number of piperidine rings is 1. The molecule has 6 unspecified atom stereocenters. The third-order valence-corrected chi connectivity index (χ3v) is 10.7. The molecule has 0 radical (unpaired) electrons. The summed E-state index contributed by atoms with van der Waals surface area (Å²) in [5.74, 6) is -0.0665. The average molecular weight is 593 g/mol. The number of allylic oxidation sites excluding steroid dienone is 1. The van der Waals surface area contributed by atoms with Crippen molar-refractivity contribution in [3.05, 3.63) is 41.5 Å². The molecule has 0 aliphatic carbocycles. The summed E-state index contributed by atoms with van der Waals surface area (Å²) < 4.78 is 6.02. The first kappa shape index (κ1) is 29.2. The van der Waals surface area contributed by atoms with Gasteiger partial charge in [-0.05, 0) is 75.3 Å². The Kier molecular flexibility index (Phi) is 7.34. The van der Waals surface area contributed by atoms with Crippen molar-refractivity contribution in [2.45, 2.75) is 89.8 Å². The molecule has 4 fully saturated rings. The molecule has 2 bridgehead atoms. The number of morpholine rings is 1. The number of rotatable bonds is 2. The molecule has 4 N–H and O–H groups in total. The number of nitrogens with zero attached hydrogens (tertiary/aromatic N) is 4. The van der Waals surface area contributed by atoms with Gasteiger partial charge in [0.25, 0.3) is 0 Å². The number of carbonyl (C=O) groups excluding carboxylic acids is 2. The summed E-state index contributed by atoms with van der Waals surface area (Å²) in [5.41, 5.74) is 3.70. The second kappa shape index (κ2) is 10.8. The molecule has 0 aromatic heterocycles. The SMILES string of the molecule is CN1CCc2ccc(NC3NCC4C(=O)N5C/C=C\CC(C)(C)CN6C(=O)COC7CCC(NC76)N5C4N3)cc2C1(C)C. The van der Waals surface area contributed by atoms with Crippen molar-refractivity contribution in [1.29, 1.82) is 0 Å². The third-order valence-electron chi connectivity index (χ3n) is 10.7. The first-order valence-electron chi connectivity index (χ1n) is 16.0. The molecule has 43 heavy (non-hydrogen) atoms. The predicted molar refractivity (Wildman–Crippen MR) is 164 cm³/mol. The number of fused-ring (bicyclic) bond motifs is 6. The smallest absolute Gasteiger partial charge is 0.249 e. The van der Waals surface area contributed by atoms with Crippen molar-refractivity contribution in [1.82, 2.24) is 35.8 Å². The van der Waals surface area contributed by atoms with Crippen LogP contribution in [-0.4, -0.2) is 102 Å². The van der Waals surface area contributed by atoms with E-state index in [1.54, 1.807) is 0 Å². The molecule has 0 saturated carbocycles. The highest BCUT2D eigenvalue weighted by molar-refractivity contribution is 5.82. The van der Waals surface area contributed by atoms with Crippen molar-refractivity contribution >= 4 is 17.5 Å². The molecule has 234 valence electrons. The minimum absolute atomic E-state index is 0.0272. The zero-order valence-corrected chi connectivity index (χ0v) is 26.2. The van der Waals surface area contributed by atoms with Crippen LogP contribution in [0.25, 0.3) is 0 Å². The van der Waals surface area contributed by atoms with Gasteiger partial charge in [-0.25, -0.2) is 0 Å². The Bertz CT molecular complexity index is 1300. The average Bonchev–Trinajstić information content (AvgIpc) is 3.24. The van der Waals surface area contributed by atoms with Gasteiger partial charge in [-0.15, -0.1) is 0 Å². The van der Waals surface area contributed by atoms with Gasteiger partial charge >= 0.3 is 0 Å².